The van der Waals surface area contributed by atoms with Gasteiger partial charge in [0, 0.05) is 13.6 Å². The van der Waals surface area contributed by atoms with E-state index in [9.17, 15) is 13.6 Å². The summed E-state index contributed by atoms with van der Waals surface area (Å²) in [7, 11) is 1.58. The Morgan fingerprint density at radius 2 is 1.75 bits per heavy atom. The number of carbonyl (C=O) groups is 1. The third kappa shape index (κ3) is 3.54. The van der Waals surface area contributed by atoms with Crippen LogP contribution in [0.2, 0.25) is 0 Å². The Kier molecular flexibility index (Phi) is 4.30. The van der Waals surface area contributed by atoms with Crippen molar-refractivity contribution >= 4 is 11.7 Å². The molecule has 104 valence electrons. The largest absolute Gasteiger partial charge is 0.323 e. The predicted molar refractivity (Wildman–Crippen MR) is 73.3 cm³/mol. The maximum Gasteiger partial charge on any atom is 0.321 e. The summed E-state index contributed by atoms with van der Waals surface area (Å²) in [5.41, 5.74) is 0.918. The zero-order valence-electron chi connectivity index (χ0n) is 10.9. The molecule has 2 aromatic rings. The van der Waals surface area contributed by atoms with Gasteiger partial charge in [-0.15, -0.1) is 0 Å². The number of hydrogen-bond acceptors (Lipinski definition) is 1. The van der Waals surface area contributed by atoms with E-state index >= 15 is 0 Å². The van der Waals surface area contributed by atoms with Crippen molar-refractivity contribution in [1.82, 2.24) is 4.90 Å². The van der Waals surface area contributed by atoms with E-state index < -0.39 is 11.8 Å². The minimum absolute atomic E-state index is 0.128. The highest BCUT2D eigenvalue weighted by Crippen LogP contribution is 2.13. The van der Waals surface area contributed by atoms with Crippen LogP contribution in [0.5, 0.6) is 0 Å². The van der Waals surface area contributed by atoms with Crippen LogP contribution in [0, 0.1) is 11.6 Å². The van der Waals surface area contributed by atoms with Crippen LogP contribution in [0.4, 0.5) is 19.3 Å². The highest BCUT2D eigenvalue weighted by molar-refractivity contribution is 5.89. The summed E-state index contributed by atoms with van der Waals surface area (Å²) in [5, 5.41) is 2.48. The van der Waals surface area contributed by atoms with Crippen LogP contribution in [-0.2, 0) is 6.54 Å². The highest BCUT2D eigenvalue weighted by Gasteiger charge is 2.11. The lowest BCUT2D eigenvalue weighted by Crippen LogP contribution is -2.31. The Morgan fingerprint density at radius 1 is 1.10 bits per heavy atom. The molecule has 2 amide bonds. The Labute approximate surface area is 115 Å². The Hall–Kier alpha value is -2.43. The molecule has 0 radical (unpaired) electrons. The molecule has 0 saturated carbocycles. The lowest BCUT2D eigenvalue weighted by Gasteiger charge is -2.18. The molecule has 0 atom stereocenters. The van der Waals surface area contributed by atoms with Crippen LogP contribution in [-0.4, -0.2) is 18.0 Å². The Bertz CT molecular complexity index is 599. The molecule has 0 fully saturated rings. The number of nitrogens with one attached hydrogen (secondary N) is 1. The van der Waals surface area contributed by atoms with Crippen LogP contribution >= 0.6 is 0 Å². The lowest BCUT2D eigenvalue weighted by molar-refractivity contribution is 0.220. The molecule has 5 heteroatoms. The van der Waals surface area contributed by atoms with Crippen LogP contribution in [0.1, 0.15) is 5.56 Å². The number of halogens is 2. The van der Waals surface area contributed by atoms with Crippen LogP contribution in [0.3, 0.4) is 0 Å². The third-order valence-corrected chi connectivity index (χ3v) is 2.80. The van der Waals surface area contributed by atoms with Gasteiger partial charge in [-0.2, -0.15) is 0 Å². The van der Waals surface area contributed by atoms with Gasteiger partial charge in [0.25, 0.3) is 0 Å². The van der Waals surface area contributed by atoms with E-state index in [1.807, 2.05) is 0 Å². The van der Waals surface area contributed by atoms with Crippen molar-refractivity contribution < 1.29 is 13.6 Å². The first kappa shape index (κ1) is 14.0. The maximum absolute atomic E-state index is 13.4. The topological polar surface area (TPSA) is 32.3 Å². The fourth-order valence-corrected chi connectivity index (χ4v) is 1.71. The number of anilines is 1. The average molecular weight is 276 g/mol. The minimum atomic E-state index is -0.490. The quantitative estimate of drug-likeness (QED) is 0.912. The van der Waals surface area contributed by atoms with Gasteiger partial charge in [0.1, 0.15) is 11.6 Å². The number of hydrogen-bond donors (Lipinski definition) is 1. The van der Waals surface area contributed by atoms with Crippen molar-refractivity contribution in [2.75, 3.05) is 12.4 Å². The van der Waals surface area contributed by atoms with E-state index in [1.54, 1.807) is 31.3 Å². The van der Waals surface area contributed by atoms with Crippen molar-refractivity contribution in [1.29, 1.82) is 0 Å². The molecule has 0 aliphatic rings. The van der Waals surface area contributed by atoms with E-state index in [2.05, 4.69) is 5.32 Å². The van der Waals surface area contributed by atoms with Gasteiger partial charge in [0.15, 0.2) is 0 Å². The first-order valence-corrected chi connectivity index (χ1v) is 6.07. The number of amides is 2. The van der Waals surface area contributed by atoms with Gasteiger partial charge in [0.05, 0.1) is 5.69 Å². The third-order valence-electron chi connectivity index (χ3n) is 2.80. The molecule has 0 unspecified atom stereocenters. The van der Waals surface area contributed by atoms with Gasteiger partial charge < -0.3 is 10.2 Å². The molecular weight excluding hydrogens is 262 g/mol. The second-order valence-corrected chi connectivity index (χ2v) is 4.39. The Balaban J connectivity index is 1.99. The first-order chi connectivity index (χ1) is 9.56. The number of carbonyl (C=O) groups excluding carboxylic acids is 1. The first-order valence-electron chi connectivity index (χ1n) is 6.07. The molecule has 1 N–H and O–H groups in total. The van der Waals surface area contributed by atoms with E-state index in [0.29, 0.717) is 6.54 Å². The monoisotopic (exact) mass is 276 g/mol. The highest BCUT2D eigenvalue weighted by atomic mass is 19.1. The van der Waals surface area contributed by atoms with Gasteiger partial charge >= 0.3 is 6.03 Å². The smallest absolute Gasteiger partial charge is 0.321 e. The average Bonchev–Trinajstić information content (AvgIpc) is 2.44. The molecule has 0 saturated heterocycles. The summed E-state index contributed by atoms with van der Waals surface area (Å²) in [4.78, 5) is 13.3. The SMILES string of the molecule is CN(Cc1ccc(F)cc1)C(=O)Nc1ccccc1F. The van der Waals surface area contributed by atoms with Gasteiger partial charge in [-0.05, 0) is 29.8 Å². The standard InChI is InChI=1S/C15H14F2N2O/c1-19(10-11-6-8-12(16)9-7-11)15(20)18-14-5-3-2-4-13(14)17/h2-9H,10H2,1H3,(H,18,20). The molecule has 2 aromatic carbocycles. The molecule has 2 rings (SSSR count). The summed E-state index contributed by atoms with van der Waals surface area (Å²) in [6, 6.07) is 11.4. The van der Waals surface area contributed by atoms with Crippen molar-refractivity contribution in [2.45, 2.75) is 6.54 Å². The number of urea groups is 1. The minimum Gasteiger partial charge on any atom is -0.323 e. The van der Waals surface area contributed by atoms with E-state index in [-0.39, 0.29) is 11.5 Å². The summed E-state index contributed by atoms with van der Waals surface area (Å²) < 4.78 is 26.2. The second kappa shape index (κ2) is 6.14. The molecule has 0 aliphatic carbocycles. The van der Waals surface area contributed by atoms with Gasteiger partial charge in [-0.25, -0.2) is 13.6 Å². The van der Waals surface area contributed by atoms with Crippen molar-refractivity contribution in [2.24, 2.45) is 0 Å². The van der Waals surface area contributed by atoms with Crippen molar-refractivity contribution in [3.05, 3.63) is 65.7 Å². The van der Waals surface area contributed by atoms with Gasteiger partial charge in [-0.3, -0.25) is 0 Å². The van der Waals surface area contributed by atoms with Crippen molar-refractivity contribution in [3.63, 3.8) is 0 Å². The maximum atomic E-state index is 13.4. The fraction of sp³-hybridized carbons (Fsp3) is 0.133. The normalized spacial score (nSPS) is 10.2. The molecule has 3 nitrogen and oxygen atoms in total. The van der Waals surface area contributed by atoms with Crippen LogP contribution in [0.15, 0.2) is 48.5 Å². The molecule has 0 bridgehead atoms. The number of benzene rings is 2. The molecule has 0 aliphatic heterocycles. The van der Waals surface area contributed by atoms with E-state index in [4.69, 9.17) is 0 Å². The van der Waals surface area contributed by atoms with Crippen LogP contribution < -0.4 is 5.32 Å². The van der Waals surface area contributed by atoms with Crippen molar-refractivity contribution in [3.8, 4) is 0 Å². The predicted octanol–water partition coefficient (Wildman–Crippen LogP) is 3.63. The molecular formula is C15H14F2N2O. The molecule has 20 heavy (non-hydrogen) atoms. The fourth-order valence-electron chi connectivity index (χ4n) is 1.71. The number of rotatable bonds is 3. The molecule has 0 aromatic heterocycles. The second-order valence-electron chi connectivity index (χ2n) is 4.39. The summed E-state index contributed by atoms with van der Waals surface area (Å²) in [5.74, 6) is -0.816. The summed E-state index contributed by atoms with van der Waals surface area (Å²) in [6.45, 7) is 0.306. The van der Waals surface area contributed by atoms with Crippen LogP contribution in [0.25, 0.3) is 0 Å². The van der Waals surface area contributed by atoms with Gasteiger partial charge in [0.2, 0.25) is 0 Å². The number of para-hydroxylation sites is 1. The summed E-state index contributed by atoms with van der Waals surface area (Å²) >= 11 is 0. The van der Waals surface area contributed by atoms with E-state index in [1.165, 1.54) is 29.2 Å². The van der Waals surface area contributed by atoms with Gasteiger partial charge in [-0.1, -0.05) is 24.3 Å². The molecule has 0 heterocycles. The zero-order valence-corrected chi connectivity index (χ0v) is 10.9. The lowest BCUT2D eigenvalue weighted by atomic mass is 10.2. The zero-order chi connectivity index (χ0) is 14.5. The Morgan fingerprint density at radius 3 is 2.40 bits per heavy atom. The summed E-state index contributed by atoms with van der Waals surface area (Å²) in [6.07, 6.45) is 0. The molecule has 0 spiro atoms. The number of nitrogens with zero attached hydrogens (tertiary/aromatic N) is 1. The van der Waals surface area contributed by atoms with E-state index in [0.717, 1.165) is 5.56 Å².